The predicted octanol–water partition coefficient (Wildman–Crippen LogP) is 5.23. The van der Waals surface area contributed by atoms with E-state index in [4.69, 9.17) is 37.4 Å². The third kappa shape index (κ3) is 3.41. The number of ether oxygens (including phenoxy) is 3. The average molecular weight is 419 g/mol. The van der Waals surface area contributed by atoms with E-state index in [-0.39, 0.29) is 6.61 Å². The van der Waals surface area contributed by atoms with Crippen molar-refractivity contribution in [3.05, 3.63) is 52.1 Å². The number of nitrogens with zero attached hydrogens (tertiary/aromatic N) is 1. The third-order valence-electron chi connectivity index (χ3n) is 4.24. The van der Waals surface area contributed by atoms with Gasteiger partial charge in [0.25, 0.3) is 0 Å². The monoisotopic (exact) mass is 418 g/mol. The number of pyridine rings is 1. The van der Waals surface area contributed by atoms with Crippen molar-refractivity contribution in [3.8, 4) is 11.5 Å². The van der Waals surface area contributed by atoms with Crippen LogP contribution >= 0.6 is 23.2 Å². The molecule has 0 unspecified atom stereocenters. The molecule has 1 aliphatic rings. The lowest BCUT2D eigenvalue weighted by Gasteiger charge is -2.20. The van der Waals surface area contributed by atoms with Crippen molar-refractivity contribution in [3.63, 3.8) is 0 Å². The number of esters is 1. The standard InChI is InChI=1S/C20H16Cl2N2O4/c1-2-26-20(25)13-10-23-19-12(4-5-14(21)17(19)22)18(13)24-11-3-6-15-16(9-11)28-8-7-27-15/h3-6,9-10H,2,7-8H2,1H3,(H,23,24). The number of nitrogens with one attached hydrogen (secondary N) is 1. The molecule has 2 heterocycles. The Labute approximate surface area is 171 Å². The minimum absolute atomic E-state index is 0.252. The summed E-state index contributed by atoms with van der Waals surface area (Å²) >= 11 is 12.4. The van der Waals surface area contributed by atoms with Gasteiger partial charge in [-0.25, -0.2) is 4.79 Å². The second kappa shape index (κ2) is 7.73. The zero-order valence-electron chi connectivity index (χ0n) is 14.9. The zero-order valence-corrected chi connectivity index (χ0v) is 16.4. The molecule has 0 radical (unpaired) electrons. The molecule has 0 aliphatic carbocycles. The number of fused-ring (bicyclic) bond motifs is 2. The van der Waals surface area contributed by atoms with E-state index in [1.54, 1.807) is 19.1 Å². The highest BCUT2D eigenvalue weighted by atomic mass is 35.5. The van der Waals surface area contributed by atoms with Crippen molar-refractivity contribution in [2.75, 3.05) is 25.1 Å². The van der Waals surface area contributed by atoms with Crippen molar-refractivity contribution in [1.29, 1.82) is 0 Å². The van der Waals surface area contributed by atoms with Gasteiger partial charge in [-0.2, -0.15) is 0 Å². The second-order valence-corrected chi connectivity index (χ2v) is 6.79. The molecular weight excluding hydrogens is 403 g/mol. The van der Waals surface area contributed by atoms with E-state index in [1.165, 1.54) is 6.20 Å². The van der Waals surface area contributed by atoms with Gasteiger partial charge in [-0.15, -0.1) is 0 Å². The van der Waals surface area contributed by atoms with Crippen LogP contribution in [0.3, 0.4) is 0 Å². The van der Waals surface area contributed by atoms with Gasteiger partial charge in [0.15, 0.2) is 11.5 Å². The Morgan fingerprint density at radius 3 is 2.75 bits per heavy atom. The van der Waals surface area contributed by atoms with Gasteiger partial charge in [0.05, 0.1) is 27.9 Å². The highest BCUT2D eigenvalue weighted by molar-refractivity contribution is 6.45. The molecule has 0 amide bonds. The van der Waals surface area contributed by atoms with E-state index in [1.807, 2.05) is 18.2 Å². The van der Waals surface area contributed by atoms with Gasteiger partial charge in [0.2, 0.25) is 0 Å². The largest absolute Gasteiger partial charge is 0.486 e. The number of rotatable bonds is 4. The molecule has 1 aromatic heterocycles. The first-order valence-corrected chi connectivity index (χ1v) is 9.44. The lowest BCUT2D eigenvalue weighted by atomic mass is 10.1. The number of carbonyl (C=O) groups excluding carboxylic acids is 1. The molecule has 0 fully saturated rings. The topological polar surface area (TPSA) is 69.7 Å². The molecule has 3 aromatic rings. The molecule has 6 nitrogen and oxygen atoms in total. The van der Waals surface area contributed by atoms with Crippen LogP contribution in [0, 0.1) is 0 Å². The summed E-state index contributed by atoms with van der Waals surface area (Å²) in [4.78, 5) is 16.8. The number of aromatic nitrogens is 1. The smallest absolute Gasteiger partial charge is 0.341 e. The molecular formula is C20H16Cl2N2O4. The summed E-state index contributed by atoms with van der Waals surface area (Å²) in [6.07, 6.45) is 1.43. The normalized spacial score (nSPS) is 12.7. The first-order chi connectivity index (χ1) is 13.6. The summed E-state index contributed by atoms with van der Waals surface area (Å²) in [6, 6.07) is 8.89. The number of hydrogen-bond donors (Lipinski definition) is 1. The Bertz CT molecular complexity index is 1070. The van der Waals surface area contributed by atoms with Crippen molar-refractivity contribution < 1.29 is 19.0 Å². The van der Waals surface area contributed by atoms with E-state index >= 15 is 0 Å². The van der Waals surface area contributed by atoms with Crippen molar-refractivity contribution in [2.24, 2.45) is 0 Å². The molecule has 0 saturated carbocycles. The molecule has 28 heavy (non-hydrogen) atoms. The van der Waals surface area contributed by atoms with Crippen LogP contribution in [0.25, 0.3) is 10.9 Å². The van der Waals surface area contributed by atoms with E-state index in [0.29, 0.717) is 62.6 Å². The molecule has 144 valence electrons. The lowest BCUT2D eigenvalue weighted by molar-refractivity contribution is 0.0527. The maximum absolute atomic E-state index is 12.5. The molecule has 4 rings (SSSR count). The summed E-state index contributed by atoms with van der Waals surface area (Å²) < 4.78 is 16.4. The Kier molecular flexibility index (Phi) is 5.15. The SMILES string of the molecule is CCOC(=O)c1cnc2c(Cl)c(Cl)ccc2c1Nc1ccc2c(c1)OCCO2. The van der Waals surface area contributed by atoms with Gasteiger partial charge in [0.1, 0.15) is 18.8 Å². The number of anilines is 2. The van der Waals surface area contributed by atoms with Crippen LogP contribution in [0.2, 0.25) is 10.0 Å². The average Bonchev–Trinajstić information content (AvgIpc) is 2.71. The lowest BCUT2D eigenvalue weighted by Crippen LogP contribution is -2.15. The summed E-state index contributed by atoms with van der Waals surface area (Å²) in [5, 5.41) is 4.63. The zero-order chi connectivity index (χ0) is 19.7. The van der Waals surface area contributed by atoms with Gasteiger partial charge in [0, 0.05) is 23.3 Å². The van der Waals surface area contributed by atoms with Crippen molar-refractivity contribution >= 4 is 51.4 Å². The van der Waals surface area contributed by atoms with Gasteiger partial charge in [-0.1, -0.05) is 23.2 Å². The quantitative estimate of drug-likeness (QED) is 0.584. The third-order valence-corrected chi connectivity index (χ3v) is 5.03. The fourth-order valence-electron chi connectivity index (χ4n) is 2.97. The van der Waals surface area contributed by atoms with Crippen LogP contribution in [-0.2, 0) is 4.74 Å². The van der Waals surface area contributed by atoms with Crippen LogP contribution in [0.5, 0.6) is 11.5 Å². The summed E-state index contributed by atoms with van der Waals surface area (Å²) in [5.74, 6) is 0.827. The second-order valence-electron chi connectivity index (χ2n) is 6.01. The fourth-order valence-corrected chi connectivity index (χ4v) is 3.34. The van der Waals surface area contributed by atoms with Crippen LogP contribution in [0.1, 0.15) is 17.3 Å². The Morgan fingerprint density at radius 1 is 1.18 bits per heavy atom. The predicted molar refractivity (Wildman–Crippen MR) is 108 cm³/mol. The number of hydrogen-bond acceptors (Lipinski definition) is 6. The van der Waals surface area contributed by atoms with Gasteiger partial charge < -0.3 is 19.5 Å². The molecule has 1 aliphatic heterocycles. The van der Waals surface area contributed by atoms with Gasteiger partial charge >= 0.3 is 5.97 Å². The maximum Gasteiger partial charge on any atom is 0.341 e. The first kappa shape index (κ1) is 18.7. The van der Waals surface area contributed by atoms with Gasteiger partial charge in [-0.05, 0) is 31.2 Å². The molecule has 8 heteroatoms. The minimum atomic E-state index is -0.483. The summed E-state index contributed by atoms with van der Waals surface area (Å²) in [7, 11) is 0. The first-order valence-electron chi connectivity index (χ1n) is 8.69. The van der Waals surface area contributed by atoms with Gasteiger partial charge in [-0.3, -0.25) is 4.98 Å². The van der Waals surface area contributed by atoms with E-state index in [2.05, 4.69) is 10.3 Å². The highest BCUT2D eigenvalue weighted by Crippen LogP contribution is 2.38. The van der Waals surface area contributed by atoms with Crippen LogP contribution in [0.4, 0.5) is 11.4 Å². The molecule has 0 spiro atoms. The molecule has 1 N–H and O–H groups in total. The Morgan fingerprint density at radius 2 is 1.96 bits per heavy atom. The minimum Gasteiger partial charge on any atom is -0.486 e. The van der Waals surface area contributed by atoms with Crippen LogP contribution in [-0.4, -0.2) is 30.8 Å². The Hall–Kier alpha value is -2.70. The molecule has 0 atom stereocenters. The highest BCUT2D eigenvalue weighted by Gasteiger charge is 2.20. The summed E-state index contributed by atoms with van der Waals surface area (Å²) in [6.45, 7) is 3.00. The number of benzene rings is 2. The molecule has 0 saturated heterocycles. The maximum atomic E-state index is 12.5. The Balaban J connectivity index is 1.84. The molecule has 2 aromatic carbocycles. The van der Waals surface area contributed by atoms with E-state index in [0.717, 1.165) is 0 Å². The van der Waals surface area contributed by atoms with E-state index in [9.17, 15) is 4.79 Å². The fraction of sp³-hybridized carbons (Fsp3) is 0.200. The van der Waals surface area contributed by atoms with Crippen LogP contribution < -0.4 is 14.8 Å². The van der Waals surface area contributed by atoms with Crippen LogP contribution in [0.15, 0.2) is 36.5 Å². The molecule has 0 bridgehead atoms. The number of halogens is 2. The van der Waals surface area contributed by atoms with Crippen molar-refractivity contribution in [2.45, 2.75) is 6.92 Å². The van der Waals surface area contributed by atoms with E-state index < -0.39 is 5.97 Å². The van der Waals surface area contributed by atoms with Crippen molar-refractivity contribution in [1.82, 2.24) is 4.98 Å². The summed E-state index contributed by atoms with van der Waals surface area (Å²) in [5.41, 5.74) is 2.02. The number of carbonyl (C=O) groups is 1.